The normalized spacial score (nSPS) is 27.2. The van der Waals surface area contributed by atoms with E-state index in [2.05, 4.69) is 13.0 Å². The highest BCUT2D eigenvalue weighted by Crippen LogP contribution is 2.15. The fourth-order valence-electron chi connectivity index (χ4n) is 1.71. The second kappa shape index (κ2) is 5.40. The lowest BCUT2D eigenvalue weighted by Crippen LogP contribution is -1.85. The molecule has 11 heavy (non-hydrogen) atoms. The summed E-state index contributed by atoms with van der Waals surface area (Å²) in [6.45, 7) is 2.28. The third-order valence-electron chi connectivity index (χ3n) is 2.52. The fourth-order valence-corrected chi connectivity index (χ4v) is 1.71. The highest BCUT2D eigenvalue weighted by Gasteiger charge is 1.95. The van der Waals surface area contributed by atoms with Crippen LogP contribution >= 0.6 is 0 Å². The third kappa shape index (κ3) is 4.23. The van der Waals surface area contributed by atoms with E-state index >= 15 is 0 Å². The van der Waals surface area contributed by atoms with Gasteiger partial charge in [-0.2, -0.15) is 0 Å². The molecule has 0 heterocycles. The molecular formula is C11H20. The Labute approximate surface area is 70.7 Å². The zero-order valence-corrected chi connectivity index (χ0v) is 7.73. The molecule has 0 atom stereocenters. The van der Waals surface area contributed by atoms with Crippen LogP contribution in [0.1, 0.15) is 58.3 Å². The molecule has 0 radical (unpaired) electrons. The van der Waals surface area contributed by atoms with Crippen LogP contribution in [0.4, 0.5) is 0 Å². The van der Waals surface area contributed by atoms with Crippen molar-refractivity contribution >= 4 is 0 Å². The molecule has 1 aliphatic rings. The highest BCUT2D eigenvalue weighted by molar-refractivity contribution is 4.97. The molecule has 0 aromatic rings. The van der Waals surface area contributed by atoms with Crippen LogP contribution in [0.2, 0.25) is 0 Å². The van der Waals surface area contributed by atoms with Crippen LogP contribution in [0.5, 0.6) is 0 Å². The van der Waals surface area contributed by atoms with Gasteiger partial charge in [0.25, 0.3) is 0 Å². The summed E-state index contributed by atoms with van der Waals surface area (Å²) in [5.41, 5.74) is 1.62. The standard InChI is InChI=1S/C11H20/c1-11-9-7-5-3-2-4-6-8-10-11/h9H,2-8,10H2,1H3/b11-9+. The molecule has 0 unspecified atom stereocenters. The fraction of sp³-hybridized carbons (Fsp3) is 0.818. The Balaban J connectivity index is 2.27. The van der Waals surface area contributed by atoms with Gasteiger partial charge in [0, 0.05) is 0 Å². The predicted molar refractivity (Wildman–Crippen MR) is 50.7 cm³/mol. The lowest BCUT2D eigenvalue weighted by Gasteiger charge is -2.05. The SMILES string of the molecule is C/C1=C\CCCCCCCC1. The summed E-state index contributed by atoms with van der Waals surface area (Å²) in [7, 11) is 0. The smallest absolute Gasteiger partial charge is 0.0323 e. The van der Waals surface area contributed by atoms with Gasteiger partial charge in [0.1, 0.15) is 0 Å². The second-order valence-corrected chi connectivity index (χ2v) is 3.71. The van der Waals surface area contributed by atoms with Crippen molar-refractivity contribution in [1.29, 1.82) is 0 Å². The number of hydrogen-bond donors (Lipinski definition) is 0. The van der Waals surface area contributed by atoms with Crippen LogP contribution in [0, 0.1) is 0 Å². The van der Waals surface area contributed by atoms with E-state index in [0.717, 1.165) is 0 Å². The molecular weight excluding hydrogens is 132 g/mol. The van der Waals surface area contributed by atoms with Crippen molar-refractivity contribution in [2.45, 2.75) is 58.3 Å². The van der Waals surface area contributed by atoms with Gasteiger partial charge in [-0.3, -0.25) is 0 Å². The van der Waals surface area contributed by atoms with Crippen molar-refractivity contribution in [3.8, 4) is 0 Å². The topological polar surface area (TPSA) is 0 Å². The van der Waals surface area contributed by atoms with Gasteiger partial charge in [0.2, 0.25) is 0 Å². The Morgan fingerprint density at radius 1 is 0.909 bits per heavy atom. The summed E-state index contributed by atoms with van der Waals surface area (Å²) in [5.74, 6) is 0. The molecule has 1 rings (SSSR count). The van der Waals surface area contributed by atoms with Crippen LogP contribution in [-0.2, 0) is 0 Å². The molecule has 0 fully saturated rings. The van der Waals surface area contributed by atoms with E-state index in [0.29, 0.717) is 0 Å². The first kappa shape index (κ1) is 8.83. The minimum Gasteiger partial charge on any atom is -0.0856 e. The van der Waals surface area contributed by atoms with Gasteiger partial charge in [-0.15, -0.1) is 0 Å². The maximum atomic E-state index is 2.44. The summed E-state index contributed by atoms with van der Waals surface area (Å²) in [6.07, 6.45) is 13.8. The number of hydrogen-bond acceptors (Lipinski definition) is 0. The lowest BCUT2D eigenvalue weighted by atomic mass is 10.0. The Bertz CT molecular complexity index is 122. The van der Waals surface area contributed by atoms with E-state index in [1.165, 1.54) is 51.4 Å². The van der Waals surface area contributed by atoms with Gasteiger partial charge in [0.15, 0.2) is 0 Å². The largest absolute Gasteiger partial charge is 0.0856 e. The minimum absolute atomic E-state index is 1.33. The first-order valence-corrected chi connectivity index (χ1v) is 5.05. The Hall–Kier alpha value is -0.260. The minimum atomic E-state index is 1.33. The first-order chi connectivity index (χ1) is 5.39. The van der Waals surface area contributed by atoms with E-state index in [9.17, 15) is 0 Å². The maximum absolute atomic E-state index is 2.44. The van der Waals surface area contributed by atoms with Crippen molar-refractivity contribution in [1.82, 2.24) is 0 Å². The van der Waals surface area contributed by atoms with E-state index < -0.39 is 0 Å². The van der Waals surface area contributed by atoms with Gasteiger partial charge < -0.3 is 0 Å². The maximum Gasteiger partial charge on any atom is -0.0323 e. The van der Waals surface area contributed by atoms with Crippen LogP contribution < -0.4 is 0 Å². The molecule has 0 heteroatoms. The summed E-state index contributed by atoms with van der Waals surface area (Å²) in [4.78, 5) is 0. The first-order valence-electron chi connectivity index (χ1n) is 5.05. The molecule has 0 aromatic heterocycles. The Morgan fingerprint density at radius 2 is 1.55 bits per heavy atom. The lowest BCUT2D eigenvalue weighted by molar-refractivity contribution is 0.585. The van der Waals surface area contributed by atoms with Crippen LogP contribution in [-0.4, -0.2) is 0 Å². The van der Waals surface area contributed by atoms with Crippen molar-refractivity contribution in [3.63, 3.8) is 0 Å². The number of rotatable bonds is 0. The predicted octanol–water partition coefficient (Wildman–Crippen LogP) is 4.07. The average molecular weight is 152 g/mol. The van der Waals surface area contributed by atoms with E-state index in [1.54, 1.807) is 5.57 Å². The molecule has 0 nitrogen and oxygen atoms in total. The second-order valence-electron chi connectivity index (χ2n) is 3.71. The van der Waals surface area contributed by atoms with Crippen LogP contribution in [0.15, 0.2) is 11.6 Å². The van der Waals surface area contributed by atoms with E-state index in [4.69, 9.17) is 0 Å². The molecule has 0 saturated carbocycles. The summed E-state index contributed by atoms with van der Waals surface area (Å²) >= 11 is 0. The van der Waals surface area contributed by atoms with Gasteiger partial charge in [-0.05, 0) is 32.6 Å². The zero-order chi connectivity index (χ0) is 7.94. The molecule has 0 spiro atoms. The van der Waals surface area contributed by atoms with Crippen molar-refractivity contribution in [3.05, 3.63) is 11.6 Å². The molecule has 0 saturated heterocycles. The van der Waals surface area contributed by atoms with Crippen LogP contribution in [0.3, 0.4) is 0 Å². The van der Waals surface area contributed by atoms with Gasteiger partial charge in [-0.1, -0.05) is 37.3 Å². The van der Waals surface area contributed by atoms with Gasteiger partial charge in [-0.25, -0.2) is 0 Å². The average Bonchev–Trinajstić information content (AvgIpc) is 2.03. The summed E-state index contributed by atoms with van der Waals surface area (Å²) in [6, 6.07) is 0. The third-order valence-corrected chi connectivity index (χ3v) is 2.52. The Morgan fingerprint density at radius 3 is 2.36 bits per heavy atom. The highest BCUT2D eigenvalue weighted by atomic mass is 14.0. The van der Waals surface area contributed by atoms with Crippen molar-refractivity contribution in [2.24, 2.45) is 0 Å². The molecule has 0 bridgehead atoms. The van der Waals surface area contributed by atoms with Crippen LogP contribution in [0.25, 0.3) is 0 Å². The molecule has 64 valence electrons. The van der Waals surface area contributed by atoms with Gasteiger partial charge in [0.05, 0.1) is 0 Å². The zero-order valence-electron chi connectivity index (χ0n) is 7.73. The summed E-state index contributed by atoms with van der Waals surface area (Å²) < 4.78 is 0. The molecule has 0 N–H and O–H groups in total. The molecule has 0 amide bonds. The number of allylic oxidation sites excluding steroid dienone is 2. The van der Waals surface area contributed by atoms with Gasteiger partial charge >= 0.3 is 0 Å². The summed E-state index contributed by atoms with van der Waals surface area (Å²) in [5, 5.41) is 0. The van der Waals surface area contributed by atoms with Crippen molar-refractivity contribution in [2.75, 3.05) is 0 Å². The van der Waals surface area contributed by atoms with E-state index in [-0.39, 0.29) is 0 Å². The monoisotopic (exact) mass is 152 g/mol. The quantitative estimate of drug-likeness (QED) is 0.459. The Kier molecular flexibility index (Phi) is 4.33. The van der Waals surface area contributed by atoms with Crippen molar-refractivity contribution < 1.29 is 0 Å². The molecule has 0 aromatic carbocycles. The molecule has 0 aliphatic heterocycles. The molecule has 1 aliphatic carbocycles. The van der Waals surface area contributed by atoms with E-state index in [1.807, 2.05) is 0 Å².